The fourth-order valence-electron chi connectivity index (χ4n) is 2.88. The van der Waals surface area contributed by atoms with Gasteiger partial charge in [-0.3, -0.25) is 4.90 Å². The zero-order valence-corrected chi connectivity index (χ0v) is 13.1. The summed E-state index contributed by atoms with van der Waals surface area (Å²) >= 11 is 0. The molecule has 1 N–H and O–H groups in total. The van der Waals surface area contributed by atoms with E-state index in [-0.39, 0.29) is 0 Å². The van der Waals surface area contributed by atoms with Gasteiger partial charge in [0.1, 0.15) is 0 Å². The third-order valence-electron chi connectivity index (χ3n) is 4.18. The Morgan fingerprint density at radius 2 is 1.90 bits per heavy atom. The van der Waals surface area contributed by atoms with Crippen molar-refractivity contribution < 1.29 is 4.74 Å². The molecule has 1 aliphatic heterocycles. The zero-order chi connectivity index (χ0) is 14.4. The Kier molecular flexibility index (Phi) is 5.86. The van der Waals surface area contributed by atoms with Crippen molar-refractivity contribution in [3.63, 3.8) is 0 Å². The van der Waals surface area contributed by atoms with Crippen LogP contribution < -0.4 is 5.32 Å². The highest BCUT2D eigenvalue weighted by molar-refractivity contribution is 5.58. The molecule has 0 amide bonds. The molecule has 112 valence electrons. The highest BCUT2D eigenvalue weighted by Crippen LogP contribution is 2.22. The number of anilines is 1. The molecule has 20 heavy (non-hydrogen) atoms. The van der Waals surface area contributed by atoms with Crippen LogP contribution in [0, 0.1) is 0 Å². The van der Waals surface area contributed by atoms with Gasteiger partial charge in [0.25, 0.3) is 0 Å². The first-order valence-electron chi connectivity index (χ1n) is 7.97. The Morgan fingerprint density at radius 1 is 1.20 bits per heavy atom. The number of para-hydroxylation sites is 1. The highest BCUT2D eigenvalue weighted by atomic mass is 16.5. The molecule has 1 saturated heterocycles. The summed E-state index contributed by atoms with van der Waals surface area (Å²) < 4.78 is 5.87. The van der Waals surface area contributed by atoms with Crippen molar-refractivity contribution in [2.45, 2.75) is 39.7 Å². The van der Waals surface area contributed by atoms with E-state index < -0.39 is 0 Å². The summed E-state index contributed by atoms with van der Waals surface area (Å²) in [4.78, 5) is 2.46. The van der Waals surface area contributed by atoms with Gasteiger partial charge in [0.05, 0.1) is 12.7 Å². The number of ether oxygens (including phenoxy) is 1. The van der Waals surface area contributed by atoms with Crippen molar-refractivity contribution in [2.75, 3.05) is 38.1 Å². The van der Waals surface area contributed by atoms with Gasteiger partial charge in [-0.2, -0.15) is 0 Å². The molecule has 0 aliphatic carbocycles. The smallest absolute Gasteiger partial charge is 0.0874 e. The molecule has 1 aliphatic rings. The monoisotopic (exact) mass is 276 g/mol. The average Bonchev–Trinajstić information content (AvgIpc) is 2.52. The van der Waals surface area contributed by atoms with Gasteiger partial charge < -0.3 is 10.1 Å². The lowest BCUT2D eigenvalue weighted by Gasteiger charge is -2.32. The summed E-state index contributed by atoms with van der Waals surface area (Å²) in [7, 11) is 0. The first kappa shape index (κ1) is 15.3. The van der Waals surface area contributed by atoms with Gasteiger partial charge in [0.15, 0.2) is 0 Å². The molecule has 0 aromatic heterocycles. The zero-order valence-electron chi connectivity index (χ0n) is 13.1. The third kappa shape index (κ3) is 3.74. The quantitative estimate of drug-likeness (QED) is 0.864. The van der Waals surface area contributed by atoms with Crippen molar-refractivity contribution in [1.82, 2.24) is 4.90 Å². The lowest BCUT2D eigenvalue weighted by molar-refractivity contribution is -0.0191. The van der Waals surface area contributed by atoms with Crippen molar-refractivity contribution >= 4 is 5.69 Å². The molecule has 3 heteroatoms. The van der Waals surface area contributed by atoms with Crippen LogP contribution in [-0.4, -0.2) is 43.8 Å². The fraction of sp³-hybridized carbons (Fsp3) is 0.647. The van der Waals surface area contributed by atoms with Crippen LogP contribution in [0.3, 0.4) is 0 Å². The molecular weight excluding hydrogens is 248 g/mol. The molecule has 1 fully saturated rings. The van der Waals surface area contributed by atoms with Gasteiger partial charge in [-0.25, -0.2) is 0 Å². The minimum atomic E-state index is 0.304. The van der Waals surface area contributed by atoms with Gasteiger partial charge in [0.2, 0.25) is 0 Å². The van der Waals surface area contributed by atoms with Crippen LogP contribution in [0.4, 0.5) is 5.69 Å². The SMILES string of the molecule is CCc1cccc(CC)c1NCC1CN(CC)CCO1. The molecule has 3 nitrogen and oxygen atoms in total. The number of morpholine rings is 1. The van der Waals surface area contributed by atoms with Gasteiger partial charge in [-0.1, -0.05) is 39.0 Å². The van der Waals surface area contributed by atoms with E-state index in [4.69, 9.17) is 4.74 Å². The first-order valence-corrected chi connectivity index (χ1v) is 7.97. The maximum Gasteiger partial charge on any atom is 0.0874 e. The second-order valence-corrected chi connectivity index (χ2v) is 5.43. The molecule has 2 rings (SSSR count). The number of nitrogens with one attached hydrogen (secondary N) is 1. The van der Waals surface area contributed by atoms with E-state index >= 15 is 0 Å². The van der Waals surface area contributed by atoms with Gasteiger partial charge in [0, 0.05) is 25.3 Å². The molecule has 1 aromatic carbocycles. The largest absolute Gasteiger partial charge is 0.382 e. The van der Waals surface area contributed by atoms with E-state index in [0.717, 1.165) is 45.6 Å². The Balaban J connectivity index is 1.99. The molecule has 0 saturated carbocycles. The van der Waals surface area contributed by atoms with Crippen molar-refractivity contribution in [3.8, 4) is 0 Å². The van der Waals surface area contributed by atoms with Crippen LogP contribution in [0.2, 0.25) is 0 Å². The topological polar surface area (TPSA) is 24.5 Å². The first-order chi connectivity index (χ1) is 9.78. The van der Waals surface area contributed by atoms with Crippen LogP contribution in [0.1, 0.15) is 31.9 Å². The number of likely N-dealkylation sites (N-methyl/N-ethyl adjacent to an activating group) is 1. The maximum atomic E-state index is 5.87. The molecule has 0 radical (unpaired) electrons. The molecule has 0 bridgehead atoms. The predicted molar refractivity (Wildman–Crippen MR) is 85.5 cm³/mol. The fourth-order valence-corrected chi connectivity index (χ4v) is 2.88. The normalized spacial score (nSPS) is 20.1. The summed E-state index contributed by atoms with van der Waals surface area (Å²) in [6.07, 6.45) is 2.45. The van der Waals surface area contributed by atoms with E-state index in [1.54, 1.807) is 0 Å². The Hall–Kier alpha value is -1.06. The number of benzene rings is 1. The number of nitrogens with zero attached hydrogens (tertiary/aromatic N) is 1. The highest BCUT2D eigenvalue weighted by Gasteiger charge is 2.19. The van der Waals surface area contributed by atoms with E-state index in [9.17, 15) is 0 Å². The van der Waals surface area contributed by atoms with Crippen LogP contribution in [0.15, 0.2) is 18.2 Å². The molecule has 1 heterocycles. The average molecular weight is 276 g/mol. The Labute approximate surface area is 123 Å². The van der Waals surface area contributed by atoms with Gasteiger partial charge in [-0.05, 0) is 30.5 Å². The third-order valence-corrected chi connectivity index (χ3v) is 4.18. The number of hydrogen-bond donors (Lipinski definition) is 1. The number of rotatable bonds is 6. The van der Waals surface area contributed by atoms with Crippen LogP contribution in [0.5, 0.6) is 0 Å². The molecule has 1 aromatic rings. The minimum absolute atomic E-state index is 0.304. The number of aryl methyl sites for hydroxylation is 2. The lowest BCUT2D eigenvalue weighted by atomic mass is 10.0. The summed E-state index contributed by atoms with van der Waals surface area (Å²) in [5, 5.41) is 3.65. The molecule has 1 atom stereocenters. The standard InChI is InChI=1S/C17H28N2O/c1-4-14-8-7-9-15(5-2)17(14)18-12-16-13-19(6-3)10-11-20-16/h7-9,16,18H,4-6,10-13H2,1-3H3. The van der Waals surface area contributed by atoms with Crippen LogP contribution >= 0.6 is 0 Å². The lowest BCUT2D eigenvalue weighted by Crippen LogP contribution is -2.45. The van der Waals surface area contributed by atoms with Crippen molar-refractivity contribution in [3.05, 3.63) is 29.3 Å². The summed E-state index contributed by atoms with van der Waals surface area (Å²) in [6, 6.07) is 6.61. The Bertz CT molecular complexity index is 397. The summed E-state index contributed by atoms with van der Waals surface area (Å²) in [6.45, 7) is 11.6. The summed E-state index contributed by atoms with van der Waals surface area (Å²) in [5.41, 5.74) is 4.15. The van der Waals surface area contributed by atoms with Crippen molar-refractivity contribution in [1.29, 1.82) is 0 Å². The molecular formula is C17H28N2O. The van der Waals surface area contributed by atoms with Gasteiger partial charge >= 0.3 is 0 Å². The van der Waals surface area contributed by atoms with Crippen LogP contribution in [0.25, 0.3) is 0 Å². The number of hydrogen-bond acceptors (Lipinski definition) is 3. The molecule has 0 spiro atoms. The van der Waals surface area contributed by atoms with E-state index in [1.165, 1.54) is 16.8 Å². The maximum absolute atomic E-state index is 5.87. The van der Waals surface area contributed by atoms with Crippen LogP contribution in [-0.2, 0) is 17.6 Å². The van der Waals surface area contributed by atoms with E-state index in [1.807, 2.05) is 0 Å². The van der Waals surface area contributed by atoms with E-state index in [0.29, 0.717) is 6.10 Å². The van der Waals surface area contributed by atoms with Crippen molar-refractivity contribution in [2.24, 2.45) is 0 Å². The van der Waals surface area contributed by atoms with Gasteiger partial charge in [-0.15, -0.1) is 0 Å². The second kappa shape index (κ2) is 7.65. The Morgan fingerprint density at radius 3 is 2.50 bits per heavy atom. The predicted octanol–water partition coefficient (Wildman–Crippen LogP) is 2.94. The second-order valence-electron chi connectivity index (χ2n) is 5.43. The van der Waals surface area contributed by atoms with E-state index in [2.05, 4.69) is 49.2 Å². The molecule has 1 unspecified atom stereocenters. The minimum Gasteiger partial charge on any atom is -0.382 e. The summed E-state index contributed by atoms with van der Waals surface area (Å²) in [5.74, 6) is 0.